The lowest BCUT2D eigenvalue weighted by molar-refractivity contribution is 0.0696. The Morgan fingerprint density at radius 2 is 1.78 bits per heavy atom. The van der Waals surface area contributed by atoms with Gasteiger partial charge < -0.3 is 5.11 Å². The number of nitrogens with zero attached hydrogens (tertiary/aromatic N) is 1. The standard InChI is InChI=1S/C32H40FNO2/c1-3-7-25(8-4-2)29-10-5-9-27-20-28(32(35)36)15-16-30(27)31(29)26-13-11-23(12-14-26)19-24-21-34(22-24)18-6-17-33/h11-16,19-20,25H,3-10,17-18,21-22H2,1-2H3,(H,35,36). The molecule has 0 atom stereocenters. The summed E-state index contributed by atoms with van der Waals surface area (Å²) < 4.78 is 12.4. The van der Waals surface area contributed by atoms with Crippen molar-refractivity contribution in [3.8, 4) is 0 Å². The molecule has 192 valence electrons. The number of likely N-dealkylation sites (tertiary alicyclic amines) is 1. The Kier molecular flexibility index (Phi) is 9.14. The van der Waals surface area contributed by atoms with Crippen LogP contribution in [-0.2, 0) is 6.42 Å². The summed E-state index contributed by atoms with van der Waals surface area (Å²) in [5, 5.41) is 9.57. The van der Waals surface area contributed by atoms with Gasteiger partial charge in [0.15, 0.2) is 0 Å². The molecule has 1 N–H and O–H groups in total. The normalized spacial score (nSPS) is 16.1. The average Bonchev–Trinajstić information content (AvgIpc) is 3.04. The highest BCUT2D eigenvalue weighted by Crippen LogP contribution is 2.41. The molecule has 36 heavy (non-hydrogen) atoms. The molecule has 0 spiro atoms. The lowest BCUT2D eigenvalue weighted by Crippen LogP contribution is -2.40. The topological polar surface area (TPSA) is 40.5 Å². The summed E-state index contributed by atoms with van der Waals surface area (Å²) >= 11 is 0. The molecular formula is C32H40FNO2. The van der Waals surface area contributed by atoms with E-state index in [-0.39, 0.29) is 6.67 Å². The molecule has 4 rings (SSSR count). The quantitative estimate of drug-likeness (QED) is 0.350. The number of carbonyl (C=O) groups is 1. The predicted molar refractivity (Wildman–Crippen MR) is 147 cm³/mol. The fourth-order valence-corrected chi connectivity index (χ4v) is 5.93. The first-order valence-corrected chi connectivity index (χ1v) is 13.7. The number of hydrogen-bond donors (Lipinski definition) is 1. The lowest BCUT2D eigenvalue weighted by atomic mass is 9.81. The van der Waals surface area contributed by atoms with Crippen LogP contribution in [0.25, 0.3) is 11.6 Å². The molecule has 1 saturated heterocycles. The second-order valence-corrected chi connectivity index (χ2v) is 10.4. The molecule has 0 unspecified atom stereocenters. The Morgan fingerprint density at radius 3 is 2.42 bits per heavy atom. The van der Waals surface area contributed by atoms with Gasteiger partial charge in [0.25, 0.3) is 0 Å². The van der Waals surface area contributed by atoms with Crippen LogP contribution in [0.4, 0.5) is 4.39 Å². The molecule has 2 aliphatic rings. The third kappa shape index (κ3) is 6.15. The number of halogens is 1. The second kappa shape index (κ2) is 12.5. The summed E-state index contributed by atoms with van der Waals surface area (Å²) in [5.74, 6) is -0.300. The largest absolute Gasteiger partial charge is 0.478 e. The summed E-state index contributed by atoms with van der Waals surface area (Å²) in [7, 11) is 0. The van der Waals surface area contributed by atoms with Gasteiger partial charge in [-0.3, -0.25) is 9.29 Å². The Labute approximate surface area is 215 Å². The van der Waals surface area contributed by atoms with Crippen LogP contribution in [0.5, 0.6) is 0 Å². The number of fused-ring (bicyclic) bond motifs is 1. The first kappa shape index (κ1) is 26.3. The van der Waals surface area contributed by atoms with Crippen molar-refractivity contribution in [2.75, 3.05) is 26.3 Å². The SMILES string of the molecule is CCCC(CCC)C1=C(c2ccc(C=C3CN(CCCF)C3)cc2)c2ccc(C(=O)O)cc2CCC1. The smallest absolute Gasteiger partial charge is 0.335 e. The van der Waals surface area contributed by atoms with E-state index in [9.17, 15) is 14.3 Å². The van der Waals surface area contributed by atoms with E-state index in [4.69, 9.17) is 0 Å². The van der Waals surface area contributed by atoms with E-state index in [0.29, 0.717) is 17.9 Å². The molecule has 0 aromatic heterocycles. The molecule has 0 saturated carbocycles. The molecule has 1 heterocycles. The monoisotopic (exact) mass is 489 g/mol. The van der Waals surface area contributed by atoms with Gasteiger partial charge in [0.05, 0.1) is 12.2 Å². The summed E-state index contributed by atoms with van der Waals surface area (Å²) in [6.07, 6.45) is 10.6. The number of benzene rings is 2. The van der Waals surface area contributed by atoms with Gasteiger partial charge in [-0.2, -0.15) is 0 Å². The minimum Gasteiger partial charge on any atom is -0.478 e. The maximum absolute atomic E-state index is 12.4. The number of hydrogen-bond acceptors (Lipinski definition) is 2. The van der Waals surface area contributed by atoms with E-state index in [2.05, 4.69) is 49.1 Å². The van der Waals surface area contributed by atoms with Crippen molar-refractivity contribution < 1.29 is 14.3 Å². The van der Waals surface area contributed by atoms with Crippen LogP contribution >= 0.6 is 0 Å². The van der Waals surface area contributed by atoms with Crippen molar-refractivity contribution in [1.29, 1.82) is 0 Å². The maximum Gasteiger partial charge on any atom is 0.335 e. The van der Waals surface area contributed by atoms with Gasteiger partial charge in [-0.15, -0.1) is 0 Å². The van der Waals surface area contributed by atoms with Gasteiger partial charge in [0.1, 0.15) is 0 Å². The van der Waals surface area contributed by atoms with Crippen LogP contribution in [0.3, 0.4) is 0 Å². The molecule has 0 radical (unpaired) electrons. The molecule has 0 amide bonds. The van der Waals surface area contributed by atoms with Gasteiger partial charge in [0.2, 0.25) is 0 Å². The van der Waals surface area contributed by atoms with Crippen LogP contribution in [0.1, 0.15) is 91.4 Å². The third-order valence-electron chi connectivity index (χ3n) is 7.63. The number of aryl methyl sites for hydroxylation is 1. The first-order chi connectivity index (χ1) is 17.5. The highest BCUT2D eigenvalue weighted by molar-refractivity contribution is 5.90. The van der Waals surface area contributed by atoms with Crippen molar-refractivity contribution >= 4 is 17.6 Å². The van der Waals surface area contributed by atoms with E-state index in [1.807, 2.05) is 12.1 Å². The third-order valence-corrected chi connectivity index (χ3v) is 7.63. The van der Waals surface area contributed by atoms with Crippen molar-refractivity contribution in [3.05, 3.63) is 81.4 Å². The van der Waals surface area contributed by atoms with Crippen LogP contribution < -0.4 is 0 Å². The number of carboxylic acid groups (broad SMARTS) is 1. The Balaban J connectivity index is 1.70. The lowest BCUT2D eigenvalue weighted by Gasteiger charge is -2.33. The molecule has 0 bridgehead atoms. The highest BCUT2D eigenvalue weighted by Gasteiger charge is 2.25. The number of allylic oxidation sites excluding steroid dienone is 1. The van der Waals surface area contributed by atoms with Gasteiger partial charge in [-0.05, 0) is 90.0 Å². The highest BCUT2D eigenvalue weighted by atomic mass is 19.1. The number of aromatic carboxylic acids is 1. The number of rotatable bonds is 11. The second-order valence-electron chi connectivity index (χ2n) is 10.4. The van der Waals surface area contributed by atoms with Crippen LogP contribution in [0.15, 0.2) is 53.6 Å². The number of alkyl halides is 1. The maximum atomic E-state index is 12.4. The fourth-order valence-electron chi connectivity index (χ4n) is 5.93. The van der Waals surface area contributed by atoms with Crippen LogP contribution in [0.2, 0.25) is 0 Å². The fraction of sp³-hybridized carbons (Fsp3) is 0.469. The molecule has 4 heteroatoms. The average molecular weight is 490 g/mol. The summed E-state index contributed by atoms with van der Waals surface area (Å²) in [5.41, 5.74) is 9.44. The molecule has 1 aliphatic heterocycles. The van der Waals surface area contributed by atoms with E-state index < -0.39 is 5.97 Å². The van der Waals surface area contributed by atoms with E-state index in [1.54, 1.807) is 11.6 Å². The Morgan fingerprint density at radius 1 is 1.06 bits per heavy atom. The zero-order chi connectivity index (χ0) is 25.5. The predicted octanol–water partition coefficient (Wildman–Crippen LogP) is 7.80. The number of carboxylic acids is 1. The summed E-state index contributed by atoms with van der Waals surface area (Å²) in [4.78, 5) is 13.9. The minimum absolute atomic E-state index is 0.243. The summed E-state index contributed by atoms with van der Waals surface area (Å²) in [6.45, 7) is 7.01. The molecule has 3 nitrogen and oxygen atoms in total. The molecule has 2 aromatic carbocycles. The van der Waals surface area contributed by atoms with E-state index in [0.717, 1.165) is 44.5 Å². The first-order valence-electron chi connectivity index (χ1n) is 13.7. The molecular weight excluding hydrogens is 449 g/mol. The van der Waals surface area contributed by atoms with Crippen molar-refractivity contribution in [2.24, 2.45) is 5.92 Å². The van der Waals surface area contributed by atoms with Gasteiger partial charge in [-0.1, -0.05) is 68.7 Å². The molecule has 2 aromatic rings. The Hall–Kier alpha value is -2.72. The summed E-state index contributed by atoms with van der Waals surface area (Å²) in [6, 6.07) is 14.6. The van der Waals surface area contributed by atoms with Crippen molar-refractivity contribution in [3.63, 3.8) is 0 Å². The van der Waals surface area contributed by atoms with Crippen molar-refractivity contribution in [1.82, 2.24) is 4.90 Å². The van der Waals surface area contributed by atoms with Crippen LogP contribution in [-0.4, -0.2) is 42.3 Å². The zero-order valence-corrected chi connectivity index (χ0v) is 21.9. The molecule has 1 fully saturated rings. The zero-order valence-electron chi connectivity index (χ0n) is 21.9. The van der Waals surface area contributed by atoms with Gasteiger partial charge >= 0.3 is 5.97 Å². The van der Waals surface area contributed by atoms with E-state index >= 15 is 0 Å². The Bertz CT molecular complexity index is 1100. The minimum atomic E-state index is -0.862. The van der Waals surface area contributed by atoms with E-state index in [1.165, 1.54) is 53.5 Å². The van der Waals surface area contributed by atoms with Gasteiger partial charge in [0, 0.05) is 19.6 Å². The van der Waals surface area contributed by atoms with Crippen molar-refractivity contribution in [2.45, 2.75) is 65.2 Å². The van der Waals surface area contributed by atoms with Gasteiger partial charge in [-0.25, -0.2) is 4.79 Å². The molecule has 1 aliphatic carbocycles. The van der Waals surface area contributed by atoms with Crippen LogP contribution in [0, 0.1) is 5.92 Å².